The maximum atomic E-state index is 12.6. The zero-order valence-corrected chi connectivity index (χ0v) is 16.5. The average molecular weight is 442 g/mol. The molecule has 3 rings (SSSR count). The van der Waals surface area contributed by atoms with Gasteiger partial charge in [0.15, 0.2) is 26.0 Å². The van der Waals surface area contributed by atoms with Gasteiger partial charge in [-0.05, 0) is 34.5 Å². The molecule has 0 aliphatic rings. The van der Waals surface area contributed by atoms with E-state index in [-0.39, 0.29) is 23.7 Å². The summed E-state index contributed by atoms with van der Waals surface area (Å²) >= 11 is 3.20. The van der Waals surface area contributed by atoms with Gasteiger partial charge in [-0.3, -0.25) is 13.9 Å². The fraction of sp³-hybridized carbons (Fsp3) is 0.333. The van der Waals surface area contributed by atoms with E-state index >= 15 is 0 Å². The van der Waals surface area contributed by atoms with Crippen molar-refractivity contribution >= 4 is 36.9 Å². The van der Waals surface area contributed by atoms with Crippen LogP contribution >= 0.6 is 15.9 Å². The molecule has 0 aromatic carbocycles. The summed E-state index contributed by atoms with van der Waals surface area (Å²) in [6.45, 7) is -0.0115. The number of aryl methyl sites for hydroxylation is 2. The Kier molecular flexibility index (Phi) is 4.84. The number of nitrogens with zero attached hydrogens (tertiary/aromatic N) is 5. The molecule has 0 fully saturated rings. The van der Waals surface area contributed by atoms with Gasteiger partial charge < -0.3 is 4.57 Å². The number of sulfone groups is 1. The lowest BCUT2D eigenvalue weighted by Crippen LogP contribution is -2.40. The van der Waals surface area contributed by atoms with Crippen LogP contribution in [0.2, 0.25) is 0 Å². The van der Waals surface area contributed by atoms with Crippen LogP contribution in [-0.2, 0) is 30.5 Å². The molecule has 0 spiro atoms. The molecule has 0 saturated heterocycles. The van der Waals surface area contributed by atoms with Gasteiger partial charge >= 0.3 is 5.69 Å². The fourth-order valence-corrected chi connectivity index (χ4v) is 4.10. The number of pyridine rings is 1. The molecule has 9 nitrogen and oxygen atoms in total. The molecular weight excluding hydrogens is 426 g/mol. The lowest BCUT2D eigenvalue weighted by molar-refractivity contribution is 0.567. The number of halogens is 1. The number of fused-ring (bicyclic) bond motifs is 1. The molecule has 0 N–H and O–H groups in total. The van der Waals surface area contributed by atoms with Gasteiger partial charge in [-0.25, -0.2) is 23.2 Å². The van der Waals surface area contributed by atoms with Gasteiger partial charge in [0.05, 0.1) is 12.1 Å². The minimum absolute atomic E-state index is 0.0115. The quantitative estimate of drug-likeness (QED) is 0.568. The summed E-state index contributed by atoms with van der Waals surface area (Å²) in [5.41, 5.74) is -0.419. The van der Waals surface area contributed by atoms with Gasteiger partial charge in [0, 0.05) is 31.3 Å². The highest BCUT2D eigenvalue weighted by atomic mass is 79.9. The third kappa shape index (κ3) is 3.23. The van der Waals surface area contributed by atoms with Crippen molar-refractivity contribution in [2.75, 3.05) is 5.75 Å². The first-order valence-electron chi connectivity index (χ1n) is 7.67. The van der Waals surface area contributed by atoms with E-state index < -0.39 is 21.1 Å². The molecule has 0 bridgehead atoms. The molecule has 0 saturated carbocycles. The SMILES string of the molecule is Cn1cnc2c1c(=O)n(CCCS(=O)(=O)c1ccc(Br)cn1)c(=O)n2C. The Bertz CT molecular complexity index is 1190. The normalized spacial score (nSPS) is 12.0. The maximum absolute atomic E-state index is 12.6. The molecule has 3 aromatic heterocycles. The standard InChI is InChI=1S/C15H16BrN5O4S/c1-19-9-18-13-12(19)14(22)21(15(23)20(13)2)6-3-7-26(24,25)11-5-4-10(16)8-17-11/h4-5,8-9H,3,6-7H2,1-2H3. The molecule has 0 atom stereocenters. The highest BCUT2D eigenvalue weighted by Gasteiger charge is 2.18. The Hall–Kier alpha value is -2.27. The molecule has 0 radical (unpaired) electrons. The van der Waals surface area contributed by atoms with Crippen molar-refractivity contribution in [3.05, 3.63) is 50.0 Å². The van der Waals surface area contributed by atoms with Gasteiger partial charge in [-0.15, -0.1) is 0 Å². The van der Waals surface area contributed by atoms with E-state index in [1.165, 1.54) is 34.8 Å². The van der Waals surface area contributed by atoms with Crippen LogP contribution in [0.5, 0.6) is 0 Å². The van der Waals surface area contributed by atoms with Crippen molar-refractivity contribution in [3.63, 3.8) is 0 Å². The summed E-state index contributed by atoms with van der Waals surface area (Å²) in [4.78, 5) is 32.9. The van der Waals surface area contributed by atoms with E-state index in [1.807, 2.05) is 0 Å². The summed E-state index contributed by atoms with van der Waals surface area (Å²) in [6, 6.07) is 3.00. The van der Waals surface area contributed by atoms with Gasteiger partial charge in [0.25, 0.3) is 5.56 Å². The van der Waals surface area contributed by atoms with Gasteiger partial charge in [0.2, 0.25) is 0 Å². The van der Waals surface area contributed by atoms with Crippen molar-refractivity contribution in [2.45, 2.75) is 18.0 Å². The first-order valence-corrected chi connectivity index (χ1v) is 10.1. The zero-order valence-electron chi connectivity index (χ0n) is 14.1. The first-order chi connectivity index (χ1) is 12.2. The monoisotopic (exact) mass is 441 g/mol. The lowest BCUT2D eigenvalue weighted by Gasteiger charge is -2.09. The number of imidazole rings is 1. The molecule has 0 unspecified atom stereocenters. The molecule has 0 aliphatic carbocycles. The molecule has 26 heavy (non-hydrogen) atoms. The van der Waals surface area contributed by atoms with E-state index in [0.29, 0.717) is 15.6 Å². The fourth-order valence-electron chi connectivity index (χ4n) is 2.66. The highest BCUT2D eigenvalue weighted by molar-refractivity contribution is 9.10. The van der Waals surface area contributed by atoms with Crippen molar-refractivity contribution in [3.8, 4) is 0 Å². The Morgan fingerprint density at radius 1 is 1.15 bits per heavy atom. The third-order valence-electron chi connectivity index (χ3n) is 4.01. The largest absolute Gasteiger partial charge is 0.332 e. The topological polar surface area (TPSA) is 109 Å². The van der Waals surface area contributed by atoms with Crippen LogP contribution < -0.4 is 11.2 Å². The predicted molar refractivity (Wildman–Crippen MR) is 98.8 cm³/mol. The number of hydrogen-bond acceptors (Lipinski definition) is 6. The molecule has 138 valence electrons. The average Bonchev–Trinajstić information content (AvgIpc) is 2.98. The van der Waals surface area contributed by atoms with Crippen molar-refractivity contribution in [2.24, 2.45) is 14.1 Å². The summed E-state index contributed by atoms with van der Waals surface area (Å²) < 4.78 is 29.2. The highest BCUT2D eigenvalue weighted by Crippen LogP contribution is 2.13. The third-order valence-corrected chi connectivity index (χ3v) is 6.19. The van der Waals surface area contributed by atoms with Crippen LogP contribution in [0, 0.1) is 0 Å². The van der Waals surface area contributed by atoms with Crippen LogP contribution in [0.3, 0.4) is 0 Å². The Morgan fingerprint density at radius 3 is 2.54 bits per heavy atom. The Balaban J connectivity index is 1.86. The van der Waals surface area contributed by atoms with Gasteiger partial charge in [0.1, 0.15) is 0 Å². The van der Waals surface area contributed by atoms with E-state index in [1.54, 1.807) is 13.1 Å². The second-order valence-electron chi connectivity index (χ2n) is 5.81. The van der Waals surface area contributed by atoms with Gasteiger partial charge in [-0.2, -0.15) is 0 Å². The van der Waals surface area contributed by atoms with Crippen molar-refractivity contribution < 1.29 is 8.42 Å². The molecule has 3 aromatic rings. The smallest absolute Gasteiger partial charge is 0.328 e. The van der Waals surface area contributed by atoms with E-state index in [0.717, 1.165) is 4.57 Å². The molecule has 0 amide bonds. The van der Waals surface area contributed by atoms with Crippen LogP contribution in [0.1, 0.15) is 6.42 Å². The van der Waals surface area contributed by atoms with Crippen LogP contribution in [0.25, 0.3) is 11.2 Å². The number of rotatable bonds is 5. The van der Waals surface area contributed by atoms with Crippen LogP contribution in [0.15, 0.2) is 43.7 Å². The molecule has 3 heterocycles. The van der Waals surface area contributed by atoms with Crippen LogP contribution in [0.4, 0.5) is 0 Å². The minimum Gasteiger partial charge on any atom is -0.328 e. The first kappa shape index (κ1) is 18.5. The number of aromatic nitrogens is 5. The second-order valence-corrected chi connectivity index (χ2v) is 8.78. The summed E-state index contributed by atoms with van der Waals surface area (Å²) in [6.07, 6.45) is 2.97. The van der Waals surface area contributed by atoms with Gasteiger partial charge in [-0.1, -0.05) is 0 Å². The maximum Gasteiger partial charge on any atom is 0.332 e. The lowest BCUT2D eigenvalue weighted by atomic mass is 10.4. The van der Waals surface area contributed by atoms with Crippen molar-refractivity contribution in [1.82, 2.24) is 23.7 Å². The Morgan fingerprint density at radius 2 is 1.88 bits per heavy atom. The summed E-state index contributed by atoms with van der Waals surface area (Å²) in [7, 11) is -0.411. The zero-order chi connectivity index (χ0) is 19.1. The predicted octanol–water partition coefficient (Wildman–Crippen LogP) is 0.455. The minimum atomic E-state index is -3.60. The van der Waals surface area contributed by atoms with Crippen molar-refractivity contribution in [1.29, 1.82) is 0 Å². The van der Waals surface area contributed by atoms with E-state index in [4.69, 9.17) is 0 Å². The second kappa shape index (κ2) is 6.80. The summed E-state index contributed by atoms with van der Waals surface area (Å²) in [5.74, 6) is -0.222. The molecule has 0 aliphatic heterocycles. The van der Waals surface area contributed by atoms with E-state index in [9.17, 15) is 18.0 Å². The molecule has 11 heteroatoms. The van der Waals surface area contributed by atoms with Crippen LogP contribution in [-0.4, -0.2) is 37.8 Å². The number of hydrogen-bond donors (Lipinski definition) is 0. The molecular formula is C15H16BrN5O4S. The Labute approximate surface area is 157 Å². The van der Waals surface area contributed by atoms with E-state index in [2.05, 4.69) is 25.9 Å². The summed E-state index contributed by atoms with van der Waals surface area (Å²) in [5, 5.41) is -0.0389.